The average Bonchev–Trinajstić information content (AvgIpc) is 2.36. The average molecular weight is 290 g/mol. The Balaban J connectivity index is 2.03. The number of amides is 1. The topological polar surface area (TPSA) is 55.6 Å². The molecule has 1 aromatic rings. The lowest BCUT2D eigenvalue weighted by atomic mass is 9.97. The van der Waals surface area contributed by atoms with E-state index in [1.165, 1.54) is 0 Å². The van der Waals surface area contributed by atoms with E-state index in [-0.39, 0.29) is 23.2 Å². The van der Waals surface area contributed by atoms with Gasteiger partial charge in [-0.15, -0.1) is 0 Å². The maximum atomic E-state index is 12.5. The molecule has 0 radical (unpaired) electrons. The lowest BCUT2D eigenvalue weighted by molar-refractivity contribution is -0.188. The molecule has 1 amide bonds. The predicted octanol–water partition coefficient (Wildman–Crippen LogP) is 2.49. The van der Waals surface area contributed by atoms with E-state index in [2.05, 4.69) is 0 Å². The number of carbonyl (C=O) groups is 1. The molecule has 1 fully saturated rings. The lowest BCUT2D eigenvalue weighted by Gasteiger charge is -2.47. The summed E-state index contributed by atoms with van der Waals surface area (Å²) < 4.78 is 6.01. The molecule has 4 nitrogen and oxygen atoms in total. The third kappa shape index (κ3) is 4.29. The SMILES string of the molecule is CC1(C)CN(C(=O)CC(N)c2ccccc2)CC(C)(C)O1. The normalized spacial score (nSPS) is 21.9. The largest absolute Gasteiger partial charge is 0.366 e. The Labute approximate surface area is 127 Å². The van der Waals surface area contributed by atoms with Crippen LogP contribution in [0.15, 0.2) is 30.3 Å². The molecule has 1 unspecified atom stereocenters. The van der Waals surface area contributed by atoms with Gasteiger partial charge in [0.05, 0.1) is 11.2 Å². The van der Waals surface area contributed by atoms with Crippen molar-refractivity contribution in [1.29, 1.82) is 0 Å². The summed E-state index contributed by atoms with van der Waals surface area (Å²) in [6, 6.07) is 9.51. The fourth-order valence-corrected chi connectivity index (χ4v) is 3.10. The Hall–Kier alpha value is -1.39. The first kappa shape index (κ1) is 16.0. The van der Waals surface area contributed by atoms with Crippen molar-refractivity contribution in [3.8, 4) is 0 Å². The molecule has 1 aliphatic rings. The molecular weight excluding hydrogens is 264 g/mol. The van der Waals surface area contributed by atoms with Crippen LogP contribution in [0.1, 0.15) is 45.7 Å². The van der Waals surface area contributed by atoms with E-state index in [0.29, 0.717) is 19.5 Å². The molecule has 0 spiro atoms. The number of ether oxygens (including phenoxy) is 1. The van der Waals surface area contributed by atoms with E-state index in [1.54, 1.807) is 0 Å². The molecule has 0 bridgehead atoms. The molecule has 1 heterocycles. The Morgan fingerprint density at radius 3 is 2.24 bits per heavy atom. The molecule has 2 rings (SSSR count). The molecule has 0 aromatic heterocycles. The summed E-state index contributed by atoms with van der Waals surface area (Å²) in [5.41, 5.74) is 6.51. The number of carbonyl (C=O) groups excluding carboxylic acids is 1. The number of benzene rings is 1. The van der Waals surface area contributed by atoms with Gasteiger partial charge >= 0.3 is 0 Å². The van der Waals surface area contributed by atoms with E-state index in [4.69, 9.17) is 10.5 Å². The number of hydrogen-bond donors (Lipinski definition) is 1. The van der Waals surface area contributed by atoms with Crippen LogP contribution in [0.25, 0.3) is 0 Å². The first-order valence-corrected chi connectivity index (χ1v) is 7.47. The van der Waals surface area contributed by atoms with Crippen LogP contribution in [-0.2, 0) is 9.53 Å². The number of nitrogens with zero attached hydrogens (tertiary/aromatic N) is 1. The highest BCUT2D eigenvalue weighted by Gasteiger charge is 2.40. The number of hydrogen-bond acceptors (Lipinski definition) is 3. The van der Waals surface area contributed by atoms with Gasteiger partial charge in [0, 0.05) is 25.6 Å². The Bertz CT molecular complexity index is 481. The van der Waals surface area contributed by atoms with Crippen LogP contribution in [0.2, 0.25) is 0 Å². The highest BCUT2D eigenvalue weighted by atomic mass is 16.5. The van der Waals surface area contributed by atoms with Crippen molar-refractivity contribution in [2.24, 2.45) is 5.73 Å². The summed E-state index contributed by atoms with van der Waals surface area (Å²) in [6.07, 6.45) is 0.330. The van der Waals surface area contributed by atoms with Gasteiger partial charge in [-0.05, 0) is 33.3 Å². The van der Waals surface area contributed by atoms with Crippen molar-refractivity contribution in [1.82, 2.24) is 4.90 Å². The van der Waals surface area contributed by atoms with Crippen LogP contribution in [0.4, 0.5) is 0 Å². The molecule has 4 heteroatoms. The van der Waals surface area contributed by atoms with Gasteiger partial charge in [-0.25, -0.2) is 0 Å². The molecular formula is C17H26N2O2. The van der Waals surface area contributed by atoms with Gasteiger partial charge in [0.2, 0.25) is 5.91 Å². The summed E-state index contributed by atoms with van der Waals surface area (Å²) in [7, 11) is 0. The van der Waals surface area contributed by atoms with Gasteiger partial charge in [0.25, 0.3) is 0 Å². The van der Waals surface area contributed by atoms with Crippen molar-refractivity contribution < 1.29 is 9.53 Å². The minimum atomic E-state index is -0.325. The Kier molecular flexibility index (Phi) is 4.40. The first-order valence-electron chi connectivity index (χ1n) is 7.47. The highest BCUT2D eigenvalue weighted by Crippen LogP contribution is 2.29. The van der Waals surface area contributed by atoms with Crippen LogP contribution in [0, 0.1) is 0 Å². The summed E-state index contributed by atoms with van der Waals surface area (Å²) in [5.74, 6) is 0.0933. The summed E-state index contributed by atoms with van der Waals surface area (Å²) in [6.45, 7) is 9.29. The van der Waals surface area contributed by atoms with Crippen LogP contribution in [0.5, 0.6) is 0 Å². The Morgan fingerprint density at radius 2 is 1.71 bits per heavy atom. The zero-order valence-corrected chi connectivity index (χ0v) is 13.4. The van der Waals surface area contributed by atoms with Gasteiger partial charge in [0.15, 0.2) is 0 Å². The van der Waals surface area contributed by atoms with Crippen LogP contribution >= 0.6 is 0 Å². The van der Waals surface area contributed by atoms with Gasteiger partial charge in [-0.3, -0.25) is 4.79 Å². The molecule has 21 heavy (non-hydrogen) atoms. The second-order valence-corrected chi connectivity index (χ2v) is 7.09. The quantitative estimate of drug-likeness (QED) is 0.930. The van der Waals surface area contributed by atoms with Gasteiger partial charge in [-0.1, -0.05) is 30.3 Å². The molecule has 116 valence electrons. The number of morpholine rings is 1. The summed E-state index contributed by atoms with van der Waals surface area (Å²) in [4.78, 5) is 14.4. The molecule has 1 aliphatic heterocycles. The molecule has 2 N–H and O–H groups in total. The van der Waals surface area contributed by atoms with Crippen molar-refractivity contribution in [3.63, 3.8) is 0 Å². The second kappa shape index (κ2) is 5.78. The number of nitrogens with two attached hydrogens (primary N) is 1. The van der Waals surface area contributed by atoms with Crippen molar-refractivity contribution in [2.75, 3.05) is 13.1 Å². The second-order valence-electron chi connectivity index (χ2n) is 7.09. The Morgan fingerprint density at radius 1 is 1.19 bits per heavy atom. The smallest absolute Gasteiger partial charge is 0.224 e. The molecule has 0 aliphatic carbocycles. The van der Waals surface area contributed by atoms with E-state index in [0.717, 1.165) is 5.56 Å². The third-order valence-corrected chi connectivity index (χ3v) is 3.67. The molecule has 1 atom stereocenters. The van der Waals surface area contributed by atoms with Crippen molar-refractivity contribution >= 4 is 5.91 Å². The van der Waals surface area contributed by atoms with Crippen LogP contribution < -0.4 is 5.73 Å². The first-order chi connectivity index (χ1) is 9.69. The molecule has 0 saturated carbocycles. The maximum Gasteiger partial charge on any atom is 0.224 e. The highest BCUT2D eigenvalue weighted by molar-refractivity contribution is 5.77. The zero-order chi connectivity index (χ0) is 15.7. The number of rotatable bonds is 3. The fraction of sp³-hybridized carbons (Fsp3) is 0.588. The predicted molar refractivity (Wildman–Crippen MR) is 83.8 cm³/mol. The van der Waals surface area contributed by atoms with Crippen LogP contribution in [-0.4, -0.2) is 35.1 Å². The minimum absolute atomic E-state index is 0.0933. The fourth-order valence-electron chi connectivity index (χ4n) is 3.10. The summed E-state index contributed by atoms with van der Waals surface area (Å²) in [5, 5.41) is 0. The lowest BCUT2D eigenvalue weighted by Crippen LogP contribution is -2.58. The van der Waals surface area contributed by atoms with Gasteiger partial charge < -0.3 is 15.4 Å². The van der Waals surface area contributed by atoms with Gasteiger partial charge in [0.1, 0.15) is 0 Å². The van der Waals surface area contributed by atoms with E-state index in [9.17, 15) is 4.79 Å². The maximum absolute atomic E-state index is 12.5. The third-order valence-electron chi connectivity index (χ3n) is 3.67. The van der Waals surface area contributed by atoms with Crippen LogP contribution in [0.3, 0.4) is 0 Å². The minimum Gasteiger partial charge on any atom is -0.366 e. The van der Waals surface area contributed by atoms with Gasteiger partial charge in [-0.2, -0.15) is 0 Å². The van der Waals surface area contributed by atoms with Crippen molar-refractivity contribution in [3.05, 3.63) is 35.9 Å². The molecule has 1 aromatic carbocycles. The standard InChI is InChI=1S/C17H26N2O2/c1-16(2)11-19(12-17(3,4)21-16)15(20)10-14(18)13-8-6-5-7-9-13/h5-9,14H,10-12,18H2,1-4H3. The van der Waals surface area contributed by atoms with Crippen molar-refractivity contribution in [2.45, 2.75) is 51.4 Å². The van der Waals surface area contributed by atoms with E-state index >= 15 is 0 Å². The summed E-state index contributed by atoms with van der Waals surface area (Å²) >= 11 is 0. The monoisotopic (exact) mass is 290 g/mol. The van der Waals surface area contributed by atoms with E-state index < -0.39 is 0 Å². The zero-order valence-electron chi connectivity index (χ0n) is 13.4. The molecule has 1 saturated heterocycles. The van der Waals surface area contributed by atoms with E-state index in [1.807, 2.05) is 62.9 Å².